The van der Waals surface area contributed by atoms with E-state index in [0.717, 1.165) is 53.2 Å². The fraction of sp³-hybridized carbons (Fsp3) is 0.280. The van der Waals surface area contributed by atoms with Crippen LogP contribution >= 0.6 is 0 Å². The number of rotatable bonds is 6. The van der Waals surface area contributed by atoms with Crippen LogP contribution in [0.15, 0.2) is 67.0 Å². The molecule has 4 aromatic rings. The van der Waals surface area contributed by atoms with E-state index < -0.39 is 5.60 Å². The van der Waals surface area contributed by atoms with Gasteiger partial charge in [-0.25, -0.2) is 9.97 Å². The van der Waals surface area contributed by atoms with E-state index in [4.69, 9.17) is 10.5 Å². The fourth-order valence-corrected chi connectivity index (χ4v) is 4.29. The van der Waals surface area contributed by atoms with Gasteiger partial charge in [0.25, 0.3) is 0 Å². The number of aromatic nitrogens is 3. The molecule has 2 aromatic carbocycles. The van der Waals surface area contributed by atoms with E-state index in [0.29, 0.717) is 12.4 Å². The molecule has 1 saturated carbocycles. The maximum Gasteiger partial charge on any atom is 0.150 e. The number of nitrogens with two attached hydrogens (primary N) is 1. The lowest BCUT2D eigenvalue weighted by molar-refractivity contribution is -0.0536. The van der Waals surface area contributed by atoms with Crippen molar-refractivity contribution in [2.45, 2.75) is 44.3 Å². The fourth-order valence-electron chi connectivity index (χ4n) is 4.29. The first kappa shape index (κ1) is 19.6. The van der Waals surface area contributed by atoms with Gasteiger partial charge in [0.15, 0.2) is 0 Å². The van der Waals surface area contributed by atoms with Crippen molar-refractivity contribution in [1.82, 2.24) is 14.4 Å². The van der Waals surface area contributed by atoms with Crippen LogP contribution in [0.2, 0.25) is 0 Å². The molecule has 2 aromatic heterocycles. The third kappa shape index (κ3) is 3.75. The molecule has 3 N–H and O–H groups in total. The summed E-state index contributed by atoms with van der Waals surface area (Å²) in [5.74, 6) is 2.37. The van der Waals surface area contributed by atoms with Crippen molar-refractivity contribution in [3.05, 3.63) is 78.4 Å². The van der Waals surface area contributed by atoms with Crippen molar-refractivity contribution in [2.75, 3.05) is 5.73 Å². The lowest BCUT2D eigenvalue weighted by Gasteiger charge is -2.42. The molecule has 1 aliphatic rings. The van der Waals surface area contributed by atoms with Gasteiger partial charge in [0.1, 0.15) is 29.5 Å². The highest BCUT2D eigenvalue weighted by molar-refractivity contribution is 5.71. The van der Waals surface area contributed by atoms with E-state index in [-0.39, 0.29) is 5.92 Å². The van der Waals surface area contributed by atoms with Crippen LogP contribution in [0.1, 0.15) is 43.5 Å². The van der Waals surface area contributed by atoms with Crippen LogP contribution in [-0.4, -0.2) is 25.1 Å². The smallest absolute Gasteiger partial charge is 0.150 e. The number of benzene rings is 2. The number of fused-ring (bicyclic) bond motifs is 1. The average molecular weight is 415 g/mol. The van der Waals surface area contributed by atoms with Gasteiger partial charge in [-0.3, -0.25) is 4.40 Å². The van der Waals surface area contributed by atoms with Crippen LogP contribution in [0.4, 0.5) is 5.82 Å². The largest absolute Gasteiger partial charge is 0.489 e. The molecule has 0 amide bonds. The van der Waals surface area contributed by atoms with Crippen molar-refractivity contribution in [3.63, 3.8) is 0 Å². The Hall–Kier alpha value is -3.38. The van der Waals surface area contributed by atoms with Gasteiger partial charge >= 0.3 is 0 Å². The first-order chi connectivity index (χ1) is 15.0. The molecule has 0 saturated heterocycles. The molecule has 0 aliphatic heterocycles. The third-order valence-electron chi connectivity index (χ3n) is 6.23. The Labute approximate surface area is 181 Å². The lowest BCUT2D eigenvalue weighted by Crippen LogP contribution is -2.42. The van der Waals surface area contributed by atoms with Gasteiger partial charge in [-0.15, -0.1) is 0 Å². The number of hydrogen-bond donors (Lipinski definition) is 2. The van der Waals surface area contributed by atoms with Gasteiger partial charge in [-0.05, 0) is 37.0 Å². The van der Waals surface area contributed by atoms with E-state index in [1.807, 2.05) is 72.1 Å². The number of nitrogens with zero attached hydrogens (tertiary/aromatic N) is 3. The molecule has 5 rings (SSSR count). The maximum absolute atomic E-state index is 10.4. The van der Waals surface area contributed by atoms with Gasteiger partial charge in [-0.1, -0.05) is 49.4 Å². The van der Waals surface area contributed by atoms with Crippen LogP contribution in [0.3, 0.4) is 0 Å². The zero-order valence-corrected chi connectivity index (χ0v) is 17.5. The van der Waals surface area contributed by atoms with Crippen molar-refractivity contribution in [1.29, 1.82) is 0 Å². The van der Waals surface area contributed by atoms with Crippen LogP contribution in [-0.2, 0) is 6.61 Å². The maximum atomic E-state index is 10.4. The SMILES string of the molecule is CCC1(O)CC(c2ncc3c(N)nc(-c4cccc(OCc5ccccc5)c4)cn23)C1. The summed E-state index contributed by atoms with van der Waals surface area (Å²) in [7, 11) is 0. The van der Waals surface area contributed by atoms with E-state index in [1.54, 1.807) is 6.20 Å². The Morgan fingerprint density at radius 2 is 1.97 bits per heavy atom. The zero-order chi connectivity index (χ0) is 21.4. The summed E-state index contributed by atoms with van der Waals surface area (Å²) in [6.07, 6.45) is 5.96. The van der Waals surface area contributed by atoms with Crippen LogP contribution in [0.25, 0.3) is 16.8 Å². The molecule has 6 nitrogen and oxygen atoms in total. The second-order valence-corrected chi connectivity index (χ2v) is 8.37. The molecular formula is C25H26N4O2. The van der Waals surface area contributed by atoms with Gasteiger partial charge in [0.2, 0.25) is 0 Å². The lowest BCUT2D eigenvalue weighted by atomic mass is 9.69. The average Bonchev–Trinajstić information content (AvgIpc) is 3.21. The summed E-state index contributed by atoms with van der Waals surface area (Å²) in [5.41, 5.74) is 9.30. The van der Waals surface area contributed by atoms with Gasteiger partial charge in [0, 0.05) is 17.7 Å². The summed E-state index contributed by atoms with van der Waals surface area (Å²) in [4.78, 5) is 9.20. The highest BCUT2D eigenvalue weighted by Gasteiger charge is 2.43. The van der Waals surface area contributed by atoms with E-state index in [9.17, 15) is 5.11 Å². The van der Waals surface area contributed by atoms with Crippen molar-refractivity contribution >= 4 is 11.3 Å². The van der Waals surface area contributed by atoms with Gasteiger partial charge < -0.3 is 15.6 Å². The number of ether oxygens (including phenoxy) is 1. The Bertz CT molecular complexity index is 1210. The summed E-state index contributed by atoms with van der Waals surface area (Å²) in [6.45, 7) is 2.53. The second kappa shape index (κ2) is 7.71. The van der Waals surface area contributed by atoms with E-state index in [1.165, 1.54) is 0 Å². The monoisotopic (exact) mass is 414 g/mol. The van der Waals surface area contributed by atoms with Crippen molar-refractivity contribution < 1.29 is 9.84 Å². The van der Waals surface area contributed by atoms with Crippen LogP contribution < -0.4 is 10.5 Å². The molecule has 0 radical (unpaired) electrons. The third-order valence-corrected chi connectivity index (χ3v) is 6.23. The number of imidazole rings is 1. The molecule has 1 aliphatic carbocycles. The molecule has 0 unspecified atom stereocenters. The molecule has 31 heavy (non-hydrogen) atoms. The highest BCUT2D eigenvalue weighted by atomic mass is 16.5. The Morgan fingerprint density at radius 1 is 1.16 bits per heavy atom. The van der Waals surface area contributed by atoms with Gasteiger partial charge in [-0.2, -0.15) is 0 Å². The van der Waals surface area contributed by atoms with Crippen molar-refractivity contribution in [3.8, 4) is 17.0 Å². The first-order valence-electron chi connectivity index (χ1n) is 10.7. The molecule has 0 spiro atoms. The first-order valence-corrected chi connectivity index (χ1v) is 10.7. The minimum Gasteiger partial charge on any atom is -0.489 e. The summed E-state index contributed by atoms with van der Waals surface area (Å²) in [6, 6.07) is 18.0. The molecule has 1 fully saturated rings. The summed E-state index contributed by atoms with van der Waals surface area (Å²) >= 11 is 0. The predicted molar refractivity (Wildman–Crippen MR) is 121 cm³/mol. The molecule has 0 atom stereocenters. The quantitative estimate of drug-likeness (QED) is 0.482. The highest BCUT2D eigenvalue weighted by Crippen LogP contribution is 2.46. The Balaban J connectivity index is 1.43. The standard InChI is InChI=1S/C25H26N4O2/c1-2-25(30)12-19(13-25)24-27-14-22-23(26)28-21(15-29(22)24)18-9-6-10-20(11-18)31-16-17-7-4-3-5-8-17/h3-11,14-15,19,30H,2,12-13,16H2,1H3,(H2,26,28). The Morgan fingerprint density at radius 3 is 2.74 bits per heavy atom. The van der Waals surface area contributed by atoms with E-state index in [2.05, 4.69) is 9.97 Å². The second-order valence-electron chi connectivity index (χ2n) is 8.37. The zero-order valence-electron chi connectivity index (χ0n) is 17.5. The summed E-state index contributed by atoms with van der Waals surface area (Å²) < 4.78 is 8.00. The molecular weight excluding hydrogens is 388 g/mol. The minimum atomic E-state index is -0.567. The summed E-state index contributed by atoms with van der Waals surface area (Å²) in [5, 5.41) is 10.4. The van der Waals surface area contributed by atoms with Crippen LogP contribution in [0.5, 0.6) is 5.75 Å². The normalized spacial score (nSPS) is 20.5. The topological polar surface area (TPSA) is 85.7 Å². The number of aliphatic hydroxyl groups is 1. The predicted octanol–water partition coefficient (Wildman–Crippen LogP) is 4.58. The number of hydrogen-bond acceptors (Lipinski definition) is 5. The molecule has 6 heteroatoms. The number of nitrogen functional groups attached to an aromatic ring is 1. The Kier molecular flexibility index (Phi) is 4.87. The minimum absolute atomic E-state index is 0.225. The van der Waals surface area contributed by atoms with Crippen molar-refractivity contribution in [2.24, 2.45) is 0 Å². The molecule has 0 bridgehead atoms. The van der Waals surface area contributed by atoms with Crippen LogP contribution in [0, 0.1) is 0 Å². The molecule has 158 valence electrons. The number of anilines is 1. The van der Waals surface area contributed by atoms with Gasteiger partial charge in [0.05, 0.1) is 17.5 Å². The molecule has 2 heterocycles. The van der Waals surface area contributed by atoms with E-state index >= 15 is 0 Å².